The third-order valence-electron chi connectivity index (χ3n) is 2.55. The molecule has 0 amide bonds. The van der Waals surface area contributed by atoms with E-state index < -0.39 is 0 Å². The largest absolute Gasteiger partial charge is 0.370 e. The number of guanidine groups is 1. The Bertz CT molecular complexity index is 382. The van der Waals surface area contributed by atoms with Gasteiger partial charge in [0.05, 0.1) is 0 Å². The summed E-state index contributed by atoms with van der Waals surface area (Å²) in [5.74, 6) is 0.634. The summed E-state index contributed by atoms with van der Waals surface area (Å²) in [5, 5.41) is 0. The molecule has 80 valence electrons. The van der Waals surface area contributed by atoms with Crippen molar-refractivity contribution < 1.29 is 0 Å². The Morgan fingerprint density at radius 2 is 2.13 bits per heavy atom. The highest BCUT2D eigenvalue weighted by molar-refractivity contribution is 5.96. The summed E-state index contributed by atoms with van der Waals surface area (Å²) in [6, 6.07) is 8.61. The first-order valence-electron chi connectivity index (χ1n) is 5.37. The summed E-state index contributed by atoms with van der Waals surface area (Å²) in [5.41, 5.74) is 8.54. The van der Waals surface area contributed by atoms with Gasteiger partial charge in [-0.1, -0.05) is 18.2 Å². The van der Waals surface area contributed by atoms with E-state index in [0.717, 1.165) is 13.0 Å². The van der Waals surface area contributed by atoms with Gasteiger partial charge in [-0.25, -0.2) is 0 Å². The van der Waals surface area contributed by atoms with E-state index in [1.165, 1.54) is 11.3 Å². The molecule has 2 N–H and O–H groups in total. The Labute approximate surface area is 90.6 Å². The number of nitrogens with two attached hydrogens (primary N) is 1. The van der Waals surface area contributed by atoms with Crippen molar-refractivity contribution in [1.82, 2.24) is 0 Å². The molecule has 0 radical (unpaired) electrons. The zero-order chi connectivity index (χ0) is 10.8. The molecule has 0 aliphatic carbocycles. The molecule has 1 aliphatic rings. The Balaban J connectivity index is 2.28. The van der Waals surface area contributed by atoms with Gasteiger partial charge in [0.2, 0.25) is 0 Å². The minimum atomic E-state index is 0.248. The van der Waals surface area contributed by atoms with Gasteiger partial charge in [0.15, 0.2) is 5.96 Å². The molecule has 0 bridgehead atoms. The zero-order valence-electron chi connectivity index (χ0n) is 9.27. The van der Waals surface area contributed by atoms with Crippen LogP contribution >= 0.6 is 0 Å². The zero-order valence-corrected chi connectivity index (χ0v) is 9.27. The van der Waals surface area contributed by atoms with E-state index in [1.807, 2.05) is 19.9 Å². The molecule has 0 spiro atoms. The van der Waals surface area contributed by atoms with Gasteiger partial charge >= 0.3 is 0 Å². The molecule has 0 aromatic heterocycles. The topological polar surface area (TPSA) is 41.6 Å². The van der Waals surface area contributed by atoms with Gasteiger partial charge in [0.1, 0.15) is 0 Å². The fourth-order valence-corrected chi connectivity index (χ4v) is 1.91. The highest BCUT2D eigenvalue weighted by Gasteiger charge is 2.20. The first-order valence-corrected chi connectivity index (χ1v) is 5.37. The summed E-state index contributed by atoms with van der Waals surface area (Å²) in [4.78, 5) is 6.47. The lowest BCUT2D eigenvalue weighted by atomic mass is 10.2. The molecule has 1 aliphatic heterocycles. The van der Waals surface area contributed by atoms with Gasteiger partial charge in [-0.05, 0) is 31.9 Å². The van der Waals surface area contributed by atoms with Crippen LogP contribution in [-0.2, 0) is 6.42 Å². The standard InChI is InChI=1S/C12H17N3/c1-9(2)14-12(13)15-8-7-10-5-3-4-6-11(10)15/h3-6,9H,7-8H2,1-2H3,(H2,13,14). The molecule has 3 nitrogen and oxygen atoms in total. The number of benzene rings is 1. The number of para-hydroxylation sites is 1. The van der Waals surface area contributed by atoms with Crippen LogP contribution in [0.1, 0.15) is 19.4 Å². The quantitative estimate of drug-likeness (QED) is 0.558. The predicted molar refractivity (Wildman–Crippen MR) is 64.3 cm³/mol. The maximum Gasteiger partial charge on any atom is 0.196 e. The lowest BCUT2D eigenvalue weighted by Crippen LogP contribution is -2.36. The highest BCUT2D eigenvalue weighted by Crippen LogP contribution is 2.26. The van der Waals surface area contributed by atoms with Crippen molar-refractivity contribution in [3.8, 4) is 0 Å². The fourth-order valence-electron chi connectivity index (χ4n) is 1.91. The lowest BCUT2D eigenvalue weighted by molar-refractivity contribution is 0.824. The van der Waals surface area contributed by atoms with E-state index in [9.17, 15) is 0 Å². The maximum atomic E-state index is 5.97. The van der Waals surface area contributed by atoms with Crippen LogP contribution in [0.15, 0.2) is 29.3 Å². The number of fused-ring (bicyclic) bond motifs is 1. The van der Waals surface area contributed by atoms with Crippen LogP contribution in [0.2, 0.25) is 0 Å². The number of anilines is 1. The second-order valence-electron chi connectivity index (χ2n) is 4.11. The highest BCUT2D eigenvalue weighted by atomic mass is 15.3. The van der Waals surface area contributed by atoms with Gasteiger partial charge < -0.3 is 10.6 Å². The van der Waals surface area contributed by atoms with Crippen LogP contribution < -0.4 is 10.6 Å². The van der Waals surface area contributed by atoms with Crippen molar-refractivity contribution in [3.05, 3.63) is 29.8 Å². The lowest BCUT2D eigenvalue weighted by Gasteiger charge is -2.18. The molecule has 15 heavy (non-hydrogen) atoms. The summed E-state index contributed by atoms with van der Waals surface area (Å²) in [6.45, 7) is 5.02. The van der Waals surface area contributed by atoms with Gasteiger partial charge in [-0.15, -0.1) is 0 Å². The molecule has 2 rings (SSSR count). The van der Waals surface area contributed by atoms with Gasteiger partial charge in [0, 0.05) is 18.3 Å². The van der Waals surface area contributed by atoms with Crippen molar-refractivity contribution in [1.29, 1.82) is 0 Å². The molecule has 1 aromatic carbocycles. The molecule has 0 unspecified atom stereocenters. The Morgan fingerprint density at radius 1 is 1.40 bits per heavy atom. The third kappa shape index (κ3) is 1.96. The van der Waals surface area contributed by atoms with Gasteiger partial charge in [0.25, 0.3) is 0 Å². The fraction of sp³-hybridized carbons (Fsp3) is 0.417. The molecule has 0 saturated carbocycles. The van der Waals surface area contributed by atoms with Crippen LogP contribution in [-0.4, -0.2) is 18.5 Å². The average Bonchev–Trinajstić information content (AvgIpc) is 2.59. The van der Waals surface area contributed by atoms with Crippen molar-refractivity contribution in [2.75, 3.05) is 11.4 Å². The van der Waals surface area contributed by atoms with E-state index in [1.54, 1.807) is 0 Å². The van der Waals surface area contributed by atoms with Crippen molar-refractivity contribution in [3.63, 3.8) is 0 Å². The van der Waals surface area contributed by atoms with Crippen LogP contribution in [0, 0.1) is 0 Å². The first kappa shape index (κ1) is 10.0. The van der Waals surface area contributed by atoms with Crippen molar-refractivity contribution in [2.24, 2.45) is 10.7 Å². The normalized spacial score (nSPS) is 15.9. The first-order chi connectivity index (χ1) is 7.18. The SMILES string of the molecule is CC(C)N=C(N)N1CCc2ccccc21. The number of nitrogens with zero attached hydrogens (tertiary/aromatic N) is 2. The molecule has 0 saturated heterocycles. The van der Waals surface area contributed by atoms with E-state index in [0.29, 0.717) is 5.96 Å². The number of aliphatic imine (C=N–C) groups is 1. The van der Waals surface area contributed by atoms with Crippen LogP contribution in [0.5, 0.6) is 0 Å². The predicted octanol–water partition coefficient (Wildman–Crippen LogP) is 1.77. The van der Waals surface area contributed by atoms with Gasteiger partial charge in [-0.3, -0.25) is 4.99 Å². The molecule has 1 aromatic rings. The summed E-state index contributed by atoms with van der Waals surface area (Å²) < 4.78 is 0. The van der Waals surface area contributed by atoms with Crippen molar-refractivity contribution in [2.45, 2.75) is 26.3 Å². The summed E-state index contributed by atoms with van der Waals surface area (Å²) in [6.07, 6.45) is 1.06. The van der Waals surface area contributed by atoms with E-state index in [-0.39, 0.29) is 6.04 Å². The maximum absolute atomic E-state index is 5.97. The number of hydrogen-bond donors (Lipinski definition) is 1. The molecule has 3 heteroatoms. The van der Waals surface area contributed by atoms with Crippen LogP contribution in [0.3, 0.4) is 0 Å². The molecule has 0 fully saturated rings. The monoisotopic (exact) mass is 203 g/mol. The minimum Gasteiger partial charge on any atom is -0.370 e. The average molecular weight is 203 g/mol. The van der Waals surface area contributed by atoms with Gasteiger partial charge in [-0.2, -0.15) is 0 Å². The Morgan fingerprint density at radius 3 is 2.87 bits per heavy atom. The molecule has 0 atom stereocenters. The number of hydrogen-bond acceptors (Lipinski definition) is 1. The smallest absolute Gasteiger partial charge is 0.196 e. The van der Waals surface area contributed by atoms with Crippen molar-refractivity contribution >= 4 is 11.6 Å². The second-order valence-corrected chi connectivity index (χ2v) is 4.11. The molecular formula is C12H17N3. The molecule has 1 heterocycles. The summed E-state index contributed by atoms with van der Waals surface area (Å²) >= 11 is 0. The van der Waals surface area contributed by atoms with Crippen LogP contribution in [0.4, 0.5) is 5.69 Å². The van der Waals surface area contributed by atoms with Crippen LogP contribution in [0.25, 0.3) is 0 Å². The Hall–Kier alpha value is -1.51. The third-order valence-corrected chi connectivity index (χ3v) is 2.55. The summed E-state index contributed by atoms with van der Waals surface area (Å²) in [7, 11) is 0. The number of rotatable bonds is 1. The van der Waals surface area contributed by atoms with E-state index >= 15 is 0 Å². The van der Waals surface area contributed by atoms with E-state index in [4.69, 9.17) is 5.73 Å². The van der Waals surface area contributed by atoms with E-state index in [2.05, 4.69) is 28.1 Å². The Kier molecular flexibility index (Phi) is 2.62. The minimum absolute atomic E-state index is 0.248. The molecular weight excluding hydrogens is 186 g/mol. The second kappa shape index (κ2) is 3.93.